The Hall–Kier alpha value is -3.46. The summed E-state index contributed by atoms with van der Waals surface area (Å²) >= 11 is 1.44. The molecular weight excluding hydrogens is 426 g/mol. The van der Waals surface area contributed by atoms with Crippen molar-refractivity contribution in [2.24, 2.45) is 10.1 Å². The molecule has 0 atom stereocenters. The molecule has 8 nitrogen and oxygen atoms in total. The van der Waals surface area contributed by atoms with E-state index in [0.29, 0.717) is 10.4 Å². The van der Waals surface area contributed by atoms with Crippen molar-refractivity contribution in [3.05, 3.63) is 68.3 Å². The summed E-state index contributed by atoms with van der Waals surface area (Å²) < 4.78 is 1.70. The van der Waals surface area contributed by atoms with Crippen LogP contribution in [-0.4, -0.2) is 40.1 Å². The van der Waals surface area contributed by atoms with Gasteiger partial charge >= 0.3 is 0 Å². The molecule has 0 aliphatic heterocycles. The van der Waals surface area contributed by atoms with Gasteiger partial charge in [-0.25, -0.2) is 4.68 Å². The van der Waals surface area contributed by atoms with Gasteiger partial charge in [-0.15, -0.1) is 11.3 Å². The molecule has 0 radical (unpaired) electrons. The van der Waals surface area contributed by atoms with Crippen molar-refractivity contribution in [1.29, 1.82) is 0 Å². The first kappa shape index (κ1) is 23.2. The SMILES string of the molecule is CCN(CC)c1ccc(C=Nn2c(-c3ccc([N+](=O)[O-])cc3)csc2=NC(C)C)c(O)c1. The first-order chi connectivity index (χ1) is 15.3. The number of anilines is 1. The maximum Gasteiger partial charge on any atom is 0.269 e. The average molecular weight is 454 g/mol. The summed E-state index contributed by atoms with van der Waals surface area (Å²) in [6.45, 7) is 9.82. The third-order valence-corrected chi connectivity index (χ3v) is 5.71. The second-order valence-corrected chi connectivity index (χ2v) is 8.24. The summed E-state index contributed by atoms with van der Waals surface area (Å²) in [7, 11) is 0. The second kappa shape index (κ2) is 10.2. The van der Waals surface area contributed by atoms with Crippen molar-refractivity contribution in [2.45, 2.75) is 33.7 Å². The largest absolute Gasteiger partial charge is 0.507 e. The molecule has 0 amide bonds. The summed E-state index contributed by atoms with van der Waals surface area (Å²) in [5.74, 6) is 0.146. The van der Waals surface area contributed by atoms with Crippen molar-refractivity contribution in [3.8, 4) is 17.0 Å². The van der Waals surface area contributed by atoms with Gasteiger partial charge in [0.15, 0.2) is 0 Å². The van der Waals surface area contributed by atoms with E-state index in [0.717, 1.165) is 30.0 Å². The minimum absolute atomic E-state index is 0.0318. The van der Waals surface area contributed by atoms with Crippen LogP contribution in [0, 0.1) is 10.1 Å². The Labute approximate surface area is 191 Å². The van der Waals surface area contributed by atoms with Crippen molar-refractivity contribution in [1.82, 2.24) is 4.68 Å². The highest BCUT2D eigenvalue weighted by Gasteiger charge is 2.11. The van der Waals surface area contributed by atoms with E-state index in [9.17, 15) is 15.2 Å². The Morgan fingerprint density at radius 3 is 2.44 bits per heavy atom. The maximum atomic E-state index is 11.0. The molecule has 0 saturated heterocycles. The molecule has 3 aromatic rings. The van der Waals surface area contributed by atoms with E-state index in [2.05, 4.69) is 28.8 Å². The van der Waals surface area contributed by atoms with Crippen LogP contribution in [0.2, 0.25) is 0 Å². The van der Waals surface area contributed by atoms with Crippen LogP contribution in [0.1, 0.15) is 33.3 Å². The summed E-state index contributed by atoms with van der Waals surface area (Å²) in [5.41, 5.74) is 3.12. The van der Waals surface area contributed by atoms with Crippen LogP contribution >= 0.6 is 11.3 Å². The minimum atomic E-state index is -0.423. The van der Waals surface area contributed by atoms with Gasteiger partial charge in [-0.2, -0.15) is 5.10 Å². The van der Waals surface area contributed by atoms with E-state index in [-0.39, 0.29) is 17.5 Å². The van der Waals surface area contributed by atoms with Gasteiger partial charge in [-0.1, -0.05) is 0 Å². The number of nitrogens with zero attached hydrogens (tertiary/aromatic N) is 5. The van der Waals surface area contributed by atoms with E-state index in [1.807, 2.05) is 31.4 Å². The lowest BCUT2D eigenvalue weighted by atomic mass is 10.1. The number of aromatic nitrogens is 1. The number of phenolic OH excluding ortho intramolecular Hbond substituents is 1. The Kier molecular flexibility index (Phi) is 7.42. The predicted molar refractivity (Wildman–Crippen MR) is 130 cm³/mol. The molecule has 0 spiro atoms. The first-order valence-corrected chi connectivity index (χ1v) is 11.3. The van der Waals surface area contributed by atoms with E-state index in [4.69, 9.17) is 0 Å². The fourth-order valence-electron chi connectivity index (χ4n) is 3.22. The van der Waals surface area contributed by atoms with Gasteiger partial charge < -0.3 is 10.0 Å². The molecule has 0 bridgehead atoms. The smallest absolute Gasteiger partial charge is 0.269 e. The van der Waals surface area contributed by atoms with Crippen LogP contribution in [0.3, 0.4) is 0 Å². The lowest BCUT2D eigenvalue weighted by Crippen LogP contribution is -2.21. The number of hydrogen-bond donors (Lipinski definition) is 1. The second-order valence-electron chi connectivity index (χ2n) is 7.40. The van der Waals surface area contributed by atoms with E-state index in [1.165, 1.54) is 23.5 Å². The molecule has 0 fully saturated rings. The van der Waals surface area contributed by atoms with Crippen molar-refractivity contribution >= 4 is 28.9 Å². The average Bonchev–Trinajstić information content (AvgIpc) is 3.15. The zero-order valence-electron chi connectivity index (χ0n) is 18.6. The number of benzene rings is 2. The molecule has 32 heavy (non-hydrogen) atoms. The summed E-state index contributed by atoms with van der Waals surface area (Å²) in [6.07, 6.45) is 1.60. The lowest BCUT2D eigenvalue weighted by Gasteiger charge is -2.21. The lowest BCUT2D eigenvalue weighted by molar-refractivity contribution is -0.384. The Morgan fingerprint density at radius 1 is 1.19 bits per heavy atom. The van der Waals surface area contributed by atoms with E-state index >= 15 is 0 Å². The predicted octanol–water partition coefficient (Wildman–Crippen LogP) is 4.87. The zero-order chi connectivity index (χ0) is 23.3. The number of thiazole rings is 1. The molecule has 9 heteroatoms. The van der Waals surface area contributed by atoms with Crippen LogP contribution in [-0.2, 0) is 0 Å². The monoisotopic (exact) mass is 453 g/mol. The summed E-state index contributed by atoms with van der Waals surface area (Å²) in [4.78, 5) is 18.0. The molecule has 168 valence electrons. The summed E-state index contributed by atoms with van der Waals surface area (Å²) in [5, 5.41) is 28.0. The van der Waals surface area contributed by atoms with Crippen molar-refractivity contribution in [2.75, 3.05) is 18.0 Å². The van der Waals surface area contributed by atoms with Crippen LogP contribution in [0.4, 0.5) is 11.4 Å². The third-order valence-electron chi connectivity index (χ3n) is 4.88. The minimum Gasteiger partial charge on any atom is -0.507 e. The molecule has 2 aromatic carbocycles. The number of aromatic hydroxyl groups is 1. The number of phenols is 1. The quantitative estimate of drug-likeness (QED) is 0.299. The molecular formula is C23H27N5O3S. The van der Waals surface area contributed by atoms with Gasteiger partial charge in [-0.05, 0) is 52.0 Å². The van der Waals surface area contributed by atoms with Crippen LogP contribution < -0.4 is 9.70 Å². The highest BCUT2D eigenvalue weighted by atomic mass is 32.1. The van der Waals surface area contributed by atoms with Gasteiger partial charge in [0.2, 0.25) is 4.80 Å². The van der Waals surface area contributed by atoms with Crippen LogP contribution in [0.25, 0.3) is 11.3 Å². The molecule has 0 aliphatic rings. The molecule has 1 heterocycles. The first-order valence-electron chi connectivity index (χ1n) is 10.5. The normalized spacial score (nSPS) is 12.1. The van der Waals surface area contributed by atoms with Crippen LogP contribution in [0.5, 0.6) is 5.75 Å². The third kappa shape index (κ3) is 5.23. The maximum absolute atomic E-state index is 11.0. The molecule has 0 aliphatic carbocycles. The molecule has 0 saturated carbocycles. The van der Waals surface area contributed by atoms with Crippen molar-refractivity contribution < 1.29 is 10.0 Å². The number of non-ortho nitro benzene ring substituents is 1. The highest BCUT2D eigenvalue weighted by molar-refractivity contribution is 7.07. The fourth-order valence-corrected chi connectivity index (χ4v) is 4.19. The number of hydrogen-bond acceptors (Lipinski definition) is 7. The Morgan fingerprint density at radius 2 is 1.88 bits per heavy atom. The van der Waals surface area contributed by atoms with Gasteiger partial charge in [0, 0.05) is 59.5 Å². The molecule has 0 unspecified atom stereocenters. The van der Waals surface area contributed by atoms with Gasteiger partial charge in [-0.3, -0.25) is 15.1 Å². The van der Waals surface area contributed by atoms with E-state index in [1.54, 1.807) is 29.1 Å². The standard InChI is InChI=1S/C23H27N5O3S/c1-5-26(6-2)20-12-9-18(22(29)13-20)14-24-27-21(15-32-23(27)25-16(3)4)17-7-10-19(11-8-17)28(30)31/h7-16,29H,5-6H2,1-4H3. The highest BCUT2D eigenvalue weighted by Crippen LogP contribution is 2.25. The number of rotatable bonds is 8. The Balaban J connectivity index is 2.02. The Bertz CT molecular complexity index is 1180. The molecule has 1 aromatic heterocycles. The van der Waals surface area contributed by atoms with Crippen molar-refractivity contribution in [3.63, 3.8) is 0 Å². The van der Waals surface area contributed by atoms with Gasteiger partial charge in [0.25, 0.3) is 5.69 Å². The fraction of sp³-hybridized carbons (Fsp3) is 0.304. The molecule has 1 N–H and O–H groups in total. The number of nitro benzene ring substituents is 1. The zero-order valence-corrected chi connectivity index (χ0v) is 19.4. The summed E-state index contributed by atoms with van der Waals surface area (Å²) in [6, 6.07) is 11.9. The number of nitro groups is 1. The van der Waals surface area contributed by atoms with Gasteiger partial charge in [0.1, 0.15) is 5.75 Å². The topological polar surface area (TPSA) is 96.3 Å². The van der Waals surface area contributed by atoms with Crippen LogP contribution in [0.15, 0.2) is 57.9 Å². The van der Waals surface area contributed by atoms with E-state index < -0.39 is 4.92 Å². The van der Waals surface area contributed by atoms with Gasteiger partial charge in [0.05, 0.1) is 16.8 Å². The molecule has 3 rings (SSSR count).